The van der Waals surface area contributed by atoms with Crippen LogP contribution in [0.2, 0.25) is 0 Å². The molecular weight excluding hydrogens is 254 g/mol. The van der Waals surface area contributed by atoms with Gasteiger partial charge in [-0.15, -0.1) is 5.10 Å². The second kappa shape index (κ2) is 6.00. The van der Waals surface area contributed by atoms with Crippen LogP contribution in [0, 0.1) is 0 Å². The van der Waals surface area contributed by atoms with Crippen LogP contribution in [-0.4, -0.2) is 59.4 Å². The van der Waals surface area contributed by atoms with E-state index in [9.17, 15) is 4.79 Å². The molecule has 1 unspecified atom stereocenters. The van der Waals surface area contributed by atoms with Gasteiger partial charge in [0.25, 0.3) is 0 Å². The number of carbonyl (C=O) groups is 1. The minimum Gasteiger partial charge on any atom is -0.481 e. The van der Waals surface area contributed by atoms with Crippen LogP contribution in [0.1, 0.15) is 13.3 Å². The number of hydrogen-bond donors (Lipinski definition) is 2. The summed E-state index contributed by atoms with van der Waals surface area (Å²) in [5.41, 5.74) is 0.482. The number of tetrazole rings is 1. The first-order chi connectivity index (χ1) is 9.20. The molecule has 0 aromatic carbocycles. The normalized spacial score (nSPS) is 12.5. The van der Waals surface area contributed by atoms with Crippen LogP contribution in [-0.2, 0) is 16.1 Å². The van der Waals surface area contributed by atoms with E-state index in [1.807, 2.05) is 0 Å². The molecule has 2 rings (SSSR count). The Morgan fingerprint density at radius 1 is 1.63 bits per heavy atom. The molecule has 10 nitrogen and oxygen atoms in total. The number of H-pyrrole nitrogens is 1. The van der Waals surface area contributed by atoms with Crippen molar-refractivity contribution in [2.45, 2.75) is 26.0 Å². The molecule has 2 aromatic rings. The average Bonchev–Trinajstić information content (AvgIpc) is 2.97. The zero-order valence-electron chi connectivity index (χ0n) is 10.2. The molecule has 0 spiro atoms. The minimum atomic E-state index is -0.936. The van der Waals surface area contributed by atoms with Gasteiger partial charge in [-0.3, -0.25) is 4.79 Å². The molecule has 2 aromatic heterocycles. The average molecular weight is 267 g/mol. The number of rotatable bonds is 7. The van der Waals surface area contributed by atoms with Crippen molar-refractivity contribution in [2.75, 3.05) is 6.61 Å². The van der Waals surface area contributed by atoms with Crippen molar-refractivity contribution in [2.24, 2.45) is 0 Å². The maximum absolute atomic E-state index is 10.8. The predicted octanol–water partition coefficient (Wildman–Crippen LogP) is -0.662. The summed E-state index contributed by atoms with van der Waals surface area (Å²) in [6.07, 6.45) is 0.859. The molecule has 0 bridgehead atoms. The van der Waals surface area contributed by atoms with E-state index in [0.717, 1.165) is 0 Å². The van der Waals surface area contributed by atoms with Gasteiger partial charge >= 0.3 is 5.97 Å². The van der Waals surface area contributed by atoms with Crippen molar-refractivity contribution in [3.63, 3.8) is 0 Å². The molecule has 1 atom stereocenters. The van der Waals surface area contributed by atoms with Crippen molar-refractivity contribution >= 4 is 5.97 Å². The highest BCUT2D eigenvalue weighted by molar-refractivity contribution is 5.67. The molecule has 0 saturated carbocycles. The van der Waals surface area contributed by atoms with Crippen molar-refractivity contribution < 1.29 is 14.6 Å². The smallest absolute Gasteiger partial charge is 0.306 e. The van der Waals surface area contributed by atoms with E-state index < -0.39 is 12.1 Å². The highest BCUT2D eigenvalue weighted by Crippen LogP contribution is 2.12. The molecule has 0 aliphatic rings. The lowest BCUT2D eigenvalue weighted by Gasteiger charge is -2.14. The third-order valence-electron chi connectivity index (χ3n) is 2.36. The fourth-order valence-electron chi connectivity index (χ4n) is 1.62. The van der Waals surface area contributed by atoms with Crippen LogP contribution in [0.4, 0.5) is 0 Å². The molecular formula is C9H13N7O3. The molecule has 0 fully saturated rings. The number of aromatic amines is 1. The zero-order valence-corrected chi connectivity index (χ0v) is 10.2. The fraction of sp³-hybridized carbons (Fsp3) is 0.556. The van der Waals surface area contributed by atoms with Crippen LogP contribution < -0.4 is 0 Å². The number of nitrogens with zero attached hydrogens (tertiary/aromatic N) is 6. The monoisotopic (exact) mass is 267 g/mol. The van der Waals surface area contributed by atoms with Gasteiger partial charge in [-0.1, -0.05) is 0 Å². The zero-order chi connectivity index (χ0) is 13.7. The predicted molar refractivity (Wildman–Crippen MR) is 60.9 cm³/mol. The molecule has 2 heterocycles. The van der Waals surface area contributed by atoms with E-state index >= 15 is 0 Å². The van der Waals surface area contributed by atoms with Gasteiger partial charge in [0.1, 0.15) is 0 Å². The number of ether oxygens (including phenoxy) is 1. The number of aromatic nitrogens is 7. The molecule has 0 aliphatic carbocycles. The summed E-state index contributed by atoms with van der Waals surface area (Å²) in [5, 5.41) is 30.0. The lowest BCUT2D eigenvalue weighted by molar-refractivity contribution is -0.140. The first kappa shape index (κ1) is 13.1. The highest BCUT2D eigenvalue weighted by atomic mass is 16.5. The van der Waals surface area contributed by atoms with E-state index in [1.165, 1.54) is 10.9 Å². The van der Waals surface area contributed by atoms with Crippen molar-refractivity contribution in [3.05, 3.63) is 6.20 Å². The van der Waals surface area contributed by atoms with E-state index in [1.54, 1.807) is 6.92 Å². The number of aliphatic carboxylic acids is 1. The Labute approximate surface area is 107 Å². The Balaban J connectivity index is 2.13. The summed E-state index contributed by atoms with van der Waals surface area (Å²) >= 11 is 0. The number of nitrogens with one attached hydrogen (secondary N) is 1. The molecule has 0 radical (unpaired) electrons. The Morgan fingerprint density at radius 3 is 3.11 bits per heavy atom. The van der Waals surface area contributed by atoms with Gasteiger partial charge in [0.2, 0.25) is 5.82 Å². The van der Waals surface area contributed by atoms with Gasteiger partial charge in [0.15, 0.2) is 5.69 Å². The summed E-state index contributed by atoms with van der Waals surface area (Å²) in [4.78, 5) is 10.8. The van der Waals surface area contributed by atoms with Crippen molar-refractivity contribution in [1.29, 1.82) is 0 Å². The van der Waals surface area contributed by atoms with E-state index in [-0.39, 0.29) is 13.0 Å². The van der Waals surface area contributed by atoms with Crippen LogP contribution in [0.25, 0.3) is 11.5 Å². The topological polar surface area (TPSA) is 132 Å². The Kier molecular flexibility index (Phi) is 4.13. The summed E-state index contributed by atoms with van der Waals surface area (Å²) in [5.74, 6) is -0.529. The molecule has 19 heavy (non-hydrogen) atoms. The first-order valence-corrected chi connectivity index (χ1v) is 5.66. The fourth-order valence-corrected chi connectivity index (χ4v) is 1.62. The third kappa shape index (κ3) is 3.31. The third-order valence-corrected chi connectivity index (χ3v) is 2.36. The number of hydrogen-bond acceptors (Lipinski definition) is 7. The molecule has 0 amide bonds. The molecule has 102 valence electrons. The summed E-state index contributed by atoms with van der Waals surface area (Å²) in [6.45, 7) is 2.45. The molecule has 2 N–H and O–H groups in total. The maximum atomic E-state index is 10.8. The van der Waals surface area contributed by atoms with E-state index in [0.29, 0.717) is 18.1 Å². The van der Waals surface area contributed by atoms with Gasteiger partial charge in [-0.2, -0.15) is 15.4 Å². The standard InChI is InChI=1S/C9H13N7O3/c1-2-19-6(3-8(17)18)5-16-9(12-14-15-16)7-4-10-13-11-7/h4,6H,2-3,5H2,1H3,(H,17,18)(H,10,11,13). The van der Waals surface area contributed by atoms with Crippen molar-refractivity contribution in [1.82, 2.24) is 35.6 Å². The summed E-state index contributed by atoms with van der Waals surface area (Å²) in [7, 11) is 0. The van der Waals surface area contributed by atoms with Gasteiger partial charge in [0, 0.05) is 6.61 Å². The quantitative estimate of drug-likeness (QED) is 0.675. The van der Waals surface area contributed by atoms with Crippen LogP contribution in [0.15, 0.2) is 6.20 Å². The SMILES string of the molecule is CCOC(CC(=O)O)Cn1nnnc1-c1cn[nH]n1. The number of carboxylic acids is 1. The summed E-state index contributed by atoms with van der Waals surface area (Å²) in [6, 6.07) is 0. The van der Waals surface area contributed by atoms with E-state index in [2.05, 4.69) is 30.9 Å². The van der Waals surface area contributed by atoms with Crippen molar-refractivity contribution in [3.8, 4) is 11.5 Å². The number of carboxylic acid groups (broad SMARTS) is 1. The largest absolute Gasteiger partial charge is 0.481 e. The van der Waals surface area contributed by atoms with Gasteiger partial charge in [-0.25, -0.2) is 4.68 Å². The van der Waals surface area contributed by atoms with Gasteiger partial charge < -0.3 is 9.84 Å². The minimum absolute atomic E-state index is 0.119. The van der Waals surface area contributed by atoms with Crippen LogP contribution in [0.5, 0.6) is 0 Å². The van der Waals surface area contributed by atoms with Gasteiger partial charge in [0.05, 0.1) is 25.3 Å². The lowest BCUT2D eigenvalue weighted by atomic mass is 10.2. The Bertz CT molecular complexity index is 524. The second-order valence-corrected chi connectivity index (χ2v) is 3.72. The molecule has 0 saturated heterocycles. The highest BCUT2D eigenvalue weighted by Gasteiger charge is 2.19. The second-order valence-electron chi connectivity index (χ2n) is 3.72. The Morgan fingerprint density at radius 2 is 2.47 bits per heavy atom. The summed E-state index contributed by atoms with van der Waals surface area (Å²) < 4.78 is 6.80. The van der Waals surface area contributed by atoms with E-state index in [4.69, 9.17) is 9.84 Å². The maximum Gasteiger partial charge on any atom is 0.306 e. The van der Waals surface area contributed by atoms with Gasteiger partial charge in [-0.05, 0) is 17.4 Å². The first-order valence-electron chi connectivity index (χ1n) is 5.66. The molecule has 0 aliphatic heterocycles. The molecule has 10 heteroatoms. The lowest BCUT2D eigenvalue weighted by Crippen LogP contribution is -2.24. The van der Waals surface area contributed by atoms with Crippen LogP contribution >= 0.6 is 0 Å². The van der Waals surface area contributed by atoms with Crippen LogP contribution in [0.3, 0.4) is 0 Å². The Hall–Kier alpha value is -2.36.